The molecular formula is C18H20N2O4S2. The lowest BCUT2D eigenvalue weighted by atomic mass is 10.3. The fraction of sp³-hybridized carbons (Fsp3) is 0.389. The molecule has 26 heavy (non-hydrogen) atoms. The number of carbonyl (C=O) groups is 1. The van der Waals surface area contributed by atoms with E-state index in [1.807, 2.05) is 12.1 Å². The number of aromatic nitrogens is 2. The van der Waals surface area contributed by atoms with E-state index in [4.69, 9.17) is 9.47 Å². The van der Waals surface area contributed by atoms with Crippen LogP contribution in [-0.4, -0.2) is 40.2 Å². The van der Waals surface area contributed by atoms with Crippen LogP contribution in [0.5, 0.6) is 5.75 Å². The maximum absolute atomic E-state index is 13.1. The maximum atomic E-state index is 13.1. The fourth-order valence-electron chi connectivity index (χ4n) is 2.60. The van der Waals surface area contributed by atoms with E-state index in [1.165, 1.54) is 23.5 Å². The first kappa shape index (κ1) is 18.8. The van der Waals surface area contributed by atoms with E-state index in [0.29, 0.717) is 28.1 Å². The van der Waals surface area contributed by atoms with Gasteiger partial charge in [-0.05, 0) is 38.1 Å². The zero-order valence-electron chi connectivity index (χ0n) is 14.9. The smallest absolute Gasteiger partial charge is 0.319 e. The molecule has 0 saturated heterocycles. The van der Waals surface area contributed by atoms with Crippen molar-refractivity contribution in [3.05, 3.63) is 40.3 Å². The van der Waals surface area contributed by atoms with Gasteiger partial charge < -0.3 is 9.47 Å². The number of rotatable bonds is 6. The molecule has 6 nitrogen and oxygen atoms in total. The second-order valence-corrected chi connectivity index (χ2v) is 8.03. The van der Waals surface area contributed by atoms with Gasteiger partial charge in [0, 0.05) is 12.2 Å². The van der Waals surface area contributed by atoms with Crippen molar-refractivity contribution in [1.29, 1.82) is 0 Å². The number of benzene rings is 1. The van der Waals surface area contributed by atoms with Crippen LogP contribution in [0.4, 0.5) is 0 Å². The van der Waals surface area contributed by atoms with Crippen molar-refractivity contribution < 1.29 is 14.3 Å². The van der Waals surface area contributed by atoms with Crippen molar-refractivity contribution in [1.82, 2.24) is 9.55 Å². The van der Waals surface area contributed by atoms with Crippen molar-refractivity contribution >= 4 is 29.5 Å². The summed E-state index contributed by atoms with van der Waals surface area (Å²) in [4.78, 5) is 30.4. The summed E-state index contributed by atoms with van der Waals surface area (Å²) in [5.74, 6) is 1.24. The molecule has 0 N–H and O–H groups in total. The van der Waals surface area contributed by atoms with E-state index < -0.39 is 5.25 Å². The molecule has 0 radical (unpaired) electrons. The average molecular weight is 393 g/mol. The Morgan fingerprint density at radius 2 is 2.12 bits per heavy atom. The van der Waals surface area contributed by atoms with Gasteiger partial charge in [0.25, 0.3) is 5.56 Å². The van der Waals surface area contributed by atoms with Crippen LogP contribution in [0, 0.1) is 0 Å². The molecule has 3 rings (SSSR count). The first-order valence-corrected chi connectivity index (χ1v) is 10.2. The summed E-state index contributed by atoms with van der Waals surface area (Å²) in [5, 5.41) is 0.0421. The summed E-state index contributed by atoms with van der Waals surface area (Å²) in [6, 6.07) is 7.22. The van der Waals surface area contributed by atoms with Gasteiger partial charge in [0.2, 0.25) is 0 Å². The second kappa shape index (κ2) is 8.18. The van der Waals surface area contributed by atoms with Gasteiger partial charge >= 0.3 is 5.97 Å². The van der Waals surface area contributed by atoms with Crippen LogP contribution in [0.3, 0.4) is 0 Å². The maximum Gasteiger partial charge on any atom is 0.319 e. The number of carbonyl (C=O) groups excluding carboxylic acids is 1. The Kier molecular flexibility index (Phi) is 5.93. The Bertz CT molecular complexity index is 865. The van der Waals surface area contributed by atoms with Crippen LogP contribution >= 0.6 is 23.5 Å². The molecule has 1 aromatic carbocycles. The zero-order chi connectivity index (χ0) is 18.7. The van der Waals surface area contributed by atoms with Gasteiger partial charge in [-0.3, -0.25) is 14.2 Å². The molecule has 8 heteroatoms. The molecule has 2 aromatic rings. The Morgan fingerprint density at radius 1 is 1.38 bits per heavy atom. The molecular weight excluding hydrogens is 372 g/mol. The lowest BCUT2D eigenvalue weighted by Crippen LogP contribution is -2.25. The summed E-state index contributed by atoms with van der Waals surface area (Å²) in [5.41, 5.74) is 1.40. The third kappa shape index (κ3) is 3.76. The quantitative estimate of drug-likeness (QED) is 0.425. The molecule has 0 amide bonds. The summed E-state index contributed by atoms with van der Waals surface area (Å²) >= 11 is 2.77. The van der Waals surface area contributed by atoms with Crippen LogP contribution in [-0.2, 0) is 16.0 Å². The number of aryl methyl sites for hydroxylation is 1. The number of fused-ring (bicyclic) bond motifs is 1. The van der Waals surface area contributed by atoms with Crippen molar-refractivity contribution in [3.63, 3.8) is 0 Å². The number of methoxy groups -OCH3 is 1. The minimum absolute atomic E-state index is 0.0961. The van der Waals surface area contributed by atoms with E-state index in [-0.39, 0.29) is 11.5 Å². The highest BCUT2D eigenvalue weighted by atomic mass is 32.2. The van der Waals surface area contributed by atoms with Gasteiger partial charge in [-0.2, -0.15) is 0 Å². The molecule has 0 aliphatic carbocycles. The molecule has 0 saturated carbocycles. The normalized spacial score (nSPS) is 14.0. The highest BCUT2D eigenvalue weighted by Crippen LogP contribution is 2.31. The van der Waals surface area contributed by atoms with Gasteiger partial charge in [-0.15, -0.1) is 11.8 Å². The summed E-state index contributed by atoms with van der Waals surface area (Å²) in [6.07, 6.45) is 0.764. The fourth-order valence-corrected chi connectivity index (χ4v) is 4.56. The Morgan fingerprint density at radius 3 is 2.77 bits per heavy atom. The van der Waals surface area contributed by atoms with Gasteiger partial charge in [-0.1, -0.05) is 11.8 Å². The minimum Gasteiger partial charge on any atom is -0.497 e. The minimum atomic E-state index is -0.460. The Balaban J connectivity index is 2.06. The molecule has 1 atom stereocenters. The van der Waals surface area contributed by atoms with Gasteiger partial charge in [0.15, 0.2) is 5.16 Å². The summed E-state index contributed by atoms with van der Waals surface area (Å²) in [6.45, 7) is 3.85. The second-order valence-electron chi connectivity index (χ2n) is 5.62. The third-order valence-corrected chi connectivity index (χ3v) is 6.04. The number of esters is 1. The van der Waals surface area contributed by atoms with Crippen molar-refractivity contribution in [2.45, 2.75) is 35.6 Å². The van der Waals surface area contributed by atoms with Gasteiger partial charge in [0.1, 0.15) is 11.0 Å². The molecule has 0 spiro atoms. The predicted octanol–water partition coefficient (Wildman–Crippen LogP) is 2.93. The molecule has 0 fully saturated rings. The highest BCUT2D eigenvalue weighted by Gasteiger charge is 2.25. The van der Waals surface area contributed by atoms with Crippen LogP contribution in [0.1, 0.15) is 19.5 Å². The summed E-state index contributed by atoms with van der Waals surface area (Å²) in [7, 11) is 1.59. The lowest BCUT2D eigenvalue weighted by molar-refractivity contribution is -0.142. The molecule has 138 valence electrons. The lowest BCUT2D eigenvalue weighted by Gasteiger charge is -2.16. The topological polar surface area (TPSA) is 70.4 Å². The van der Waals surface area contributed by atoms with E-state index in [1.54, 1.807) is 37.7 Å². The first-order valence-electron chi connectivity index (χ1n) is 8.31. The van der Waals surface area contributed by atoms with E-state index >= 15 is 0 Å². The number of hydrogen-bond donors (Lipinski definition) is 0. The monoisotopic (exact) mass is 392 g/mol. The van der Waals surface area contributed by atoms with Gasteiger partial charge in [0.05, 0.1) is 30.0 Å². The number of thioether (sulfide) groups is 2. The molecule has 2 heterocycles. The molecule has 0 bridgehead atoms. The number of ether oxygens (including phenoxy) is 2. The third-order valence-electron chi connectivity index (χ3n) is 3.90. The number of hydrogen-bond acceptors (Lipinski definition) is 7. The Labute approximate surface area is 160 Å². The van der Waals surface area contributed by atoms with Crippen LogP contribution in [0.15, 0.2) is 39.1 Å². The SMILES string of the molecule is CCOC(=O)[C@@H](C)Sc1nc2c(c(=O)n1-c1ccc(OC)cc1)SCC2. The first-order chi connectivity index (χ1) is 12.5. The number of nitrogens with zero attached hydrogens (tertiary/aromatic N) is 2. The molecule has 1 aliphatic heterocycles. The van der Waals surface area contributed by atoms with Crippen molar-refractivity contribution in [2.24, 2.45) is 0 Å². The van der Waals surface area contributed by atoms with Crippen LogP contribution in [0.25, 0.3) is 5.69 Å². The highest BCUT2D eigenvalue weighted by molar-refractivity contribution is 8.00. The predicted molar refractivity (Wildman–Crippen MR) is 103 cm³/mol. The molecule has 1 aliphatic rings. The largest absolute Gasteiger partial charge is 0.497 e. The van der Waals surface area contributed by atoms with Gasteiger partial charge in [-0.25, -0.2) is 4.98 Å². The van der Waals surface area contributed by atoms with Crippen LogP contribution < -0.4 is 10.3 Å². The van der Waals surface area contributed by atoms with Crippen molar-refractivity contribution in [2.75, 3.05) is 19.5 Å². The standard InChI is InChI=1S/C18H20N2O4S2/c1-4-24-17(22)11(2)26-18-19-14-9-10-25-15(14)16(21)20(18)12-5-7-13(23-3)8-6-12/h5-8,11H,4,9-10H2,1-3H3/t11-/m1/s1. The van der Waals surface area contributed by atoms with E-state index in [9.17, 15) is 9.59 Å². The Hall–Kier alpha value is -1.93. The molecule has 0 unspecified atom stereocenters. The van der Waals surface area contributed by atoms with E-state index in [2.05, 4.69) is 4.98 Å². The molecule has 1 aromatic heterocycles. The summed E-state index contributed by atoms with van der Waals surface area (Å²) < 4.78 is 11.8. The zero-order valence-corrected chi connectivity index (χ0v) is 16.5. The average Bonchev–Trinajstić information content (AvgIpc) is 3.11. The van der Waals surface area contributed by atoms with E-state index in [0.717, 1.165) is 17.9 Å². The van der Waals surface area contributed by atoms with Crippen LogP contribution in [0.2, 0.25) is 0 Å². The van der Waals surface area contributed by atoms with Crippen molar-refractivity contribution in [3.8, 4) is 11.4 Å².